The van der Waals surface area contributed by atoms with E-state index >= 15 is 0 Å². The van der Waals surface area contributed by atoms with Crippen LogP contribution in [0.15, 0.2) is 36.4 Å². The van der Waals surface area contributed by atoms with Crippen LogP contribution in [0.1, 0.15) is 17.7 Å². The molecule has 4 aromatic rings. The zero-order valence-corrected chi connectivity index (χ0v) is 16.9. The number of rotatable bonds is 4. The number of carboxylic acids is 1. The van der Waals surface area contributed by atoms with Gasteiger partial charge in [0.1, 0.15) is 12.4 Å². The summed E-state index contributed by atoms with van der Waals surface area (Å²) < 4.78 is 16.7. The average Bonchev–Trinajstić information content (AvgIpc) is 3.19. The quantitative estimate of drug-likeness (QED) is 0.473. The summed E-state index contributed by atoms with van der Waals surface area (Å²) in [6.45, 7) is -0.117. The monoisotopic (exact) mass is 429 g/mol. The number of carbonyl (C=O) groups is 1. The second-order valence-corrected chi connectivity index (χ2v) is 8.75. The van der Waals surface area contributed by atoms with Crippen LogP contribution in [0.3, 0.4) is 0 Å². The van der Waals surface area contributed by atoms with Crippen LogP contribution in [0.2, 0.25) is 5.02 Å². The second-order valence-electron chi connectivity index (χ2n) is 7.28. The van der Waals surface area contributed by atoms with Crippen LogP contribution in [0.5, 0.6) is 0 Å². The Morgan fingerprint density at radius 1 is 1.34 bits per heavy atom. The van der Waals surface area contributed by atoms with E-state index in [1.54, 1.807) is 17.4 Å². The smallest absolute Gasteiger partial charge is 0.323 e. The van der Waals surface area contributed by atoms with E-state index in [4.69, 9.17) is 11.6 Å². The van der Waals surface area contributed by atoms with Crippen LogP contribution in [0.25, 0.3) is 21.1 Å². The normalized spacial score (nSPS) is 16.3. The van der Waals surface area contributed by atoms with Gasteiger partial charge < -0.3 is 15.0 Å². The van der Waals surface area contributed by atoms with Crippen LogP contribution >= 0.6 is 22.9 Å². The van der Waals surface area contributed by atoms with E-state index in [2.05, 4.69) is 10.3 Å². The van der Waals surface area contributed by atoms with E-state index in [0.29, 0.717) is 11.4 Å². The van der Waals surface area contributed by atoms with Crippen molar-refractivity contribution in [3.8, 4) is 0 Å². The lowest BCUT2D eigenvalue weighted by Gasteiger charge is -2.24. The number of fused-ring (bicyclic) bond motifs is 4. The van der Waals surface area contributed by atoms with Gasteiger partial charge in [-0.15, -0.1) is 0 Å². The van der Waals surface area contributed by atoms with Gasteiger partial charge in [-0.2, -0.15) is 0 Å². The zero-order chi connectivity index (χ0) is 20.1. The highest BCUT2D eigenvalue weighted by atomic mass is 35.5. The van der Waals surface area contributed by atoms with Crippen molar-refractivity contribution in [2.45, 2.75) is 31.8 Å². The number of anilines is 1. The van der Waals surface area contributed by atoms with E-state index in [9.17, 15) is 14.3 Å². The van der Waals surface area contributed by atoms with Gasteiger partial charge in [0.25, 0.3) is 0 Å². The van der Waals surface area contributed by atoms with Gasteiger partial charge in [0, 0.05) is 27.7 Å². The predicted octanol–water partition coefficient (Wildman–Crippen LogP) is 5.10. The Kier molecular flexibility index (Phi) is 4.44. The fourth-order valence-corrected chi connectivity index (χ4v) is 5.41. The van der Waals surface area contributed by atoms with E-state index in [-0.39, 0.29) is 18.4 Å². The molecule has 0 saturated heterocycles. The van der Waals surface area contributed by atoms with Gasteiger partial charge in [-0.3, -0.25) is 4.79 Å². The number of nitrogens with zero attached hydrogens (tertiary/aromatic N) is 2. The molecule has 1 aliphatic rings. The van der Waals surface area contributed by atoms with Crippen LogP contribution in [-0.2, 0) is 24.2 Å². The lowest BCUT2D eigenvalue weighted by atomic mass is 9.91. The van der Waals surface area contributed by atoms with Gasteiger partial charge in [-0.1, -0.05) is 22.9 Å². The first-order chi connectivity index (χ1) is 14.0. The molecule has 0 spiro atoms. The van der Waals surface area contributed by atoms with Gasteiger partial charge in [0.2, 0.25) is 0 Å². The number of hydrogen-bond donors (Lipinski definition) is 2. The molecule has 5 nitrogen and oxygen atoms in total. The summed E-state index contributed by atoms with van der Waals surface area (Å²) in [6, 6.07) is 10.3. The van der Waals surface area contributed by atoms with Crippen LogP contribution < -0.4 is 5.32 Å². The van der Waals surface area contributed by atoms with Crippen molar-refractivity contribution in [3.63, 3.8) is 0 Å². The number of carboxylic acid groups (broad SMARTS) is 1. The number of aliphatic carboxylic acids is 1. The molecule has 1 atom stereocenters. The first-order valence-electron chi connectivity index (χ1n) is 9.32. The molecule has 2 aromatic carbocycles. The minimum atomic E-state index is -0.901. The summed E-state index contributed by atoms with van der Waals surface area (Å²) >= 11 is 7.62. The molecule has 2 heterocycles. The maximum atomic E-state index is 13.9. The Morgan fingerprint density at radius 3 is 3.03 bits per heavy atom. The van der Waals surface area contributed by atoms with Crippen LogP contribution in [0, 0.1) is 5.82 Å². The van der Waals surface area contributed by atoms with Crippen molar-refractivity contribution < 1.29 is 14.3 Å². The highest BCUT2D eigenvalue weighted by molar-refractivity contribution is 7.22. The van der Waals surface area contributed by atoms with Crippen molar-refractivity contribution >= 4 is 55.2 Å². The molecule has 0 bridgehead atoms. The van der Waals surface area contributed by atoms with E-state index in [0.717, 1.165) is 50.4 Å². The molecule has 5 rings (SSSR count). The van der Waals surface area contributed by atoms with Gasteiger partial charge in [-0.05, 0) is 61.2 Å². The summed E-state index contributed by atoms with van der Waals surface area (Å²) in [5, 5.41) is 15.1. The minimum Gasteiger partial charge on any atom is -0.480 e. The zero-order valence-electron chi connectivity index (χ0n) is 15.3. The van der Waals surface area contributed by atoms with Crippen molar-refractivity contribution in [2.75, 3.05) is 5.32 Å². The summed E-state index contributed by atoms with van der Waals surface area (Å²) in [4.78, 5) is 16.0. The number of benzene rings is 2. The molecule has 0 aliphatic heterocycles. The van der Waals surface area contributed by atoms with Crippen molar-refractivity contribution in [3.05, 3.63) is 58.5 Å². The molecule has 2 N–H and O–H groups in total. The molecule has 8 heteroatoms. The summed E-state index contributed by atoms with van der Waals surface area (Å²) in [5.41, 5.74) is 3.68. The first-order valence-corrected chi connectivity index (χ1v) is 10.5. The first kappa shape index (κ1) is 18.4. The largest absolute Gasteiger partial charge is 0.480 e. The second kappa shape index (κ2) is 7.00. The van der Waals surface area contributed by atoms with Crippen LogP contribution in [0.4, 0.5) is 9.52 Å². The highest BCUT2D eigenvalue weighted by Crippen LogP contribution is 2.35. The number of nitrogens with one attached hydrogen (secondary N) is 1. The molecule has 0 amide bonds. The number of halogens is 2. The summed E-state index contributed by atoms with van der Waals surface area (Å²) in [7, 11) is 0. The van der Waals surface area contributed by atoms with Gasteiger partial charge >= 0.3 is 5.97 Å². The maximum Gasteiger partial charge on any atom is 0.323 e. The van der Waals surface area contributed by atoms with Crippen LogP contribution in [-0.4, -0.2) is 26.7 Å². The van der Waals surface area contributed by atoms with Gasteiger partial charge in [0.05, 0.1) is 10.2 Å². The molecule has 0 fully saturated rings. The molecule has 148 valence electrons. The van der Waals surface area contributed by atoms with Crippen molar-refractivity contribution in [1.82, 2.24) is 9.55 Å². The Morgan fingerprint density at radius 2 is 2.21 bits per heavy atom. The average molecular weight is 430 g/mol. The Labute approximate surface area is 174 Å². The third kappa shape index (κ3) is 3.34. The van der Waals surface area contributed by atoms with E-state index < -0.39 is 5.97 Å². The molecule has 2 aromatic heterocycles. The van der Waals surface area contributed by atoms with E-state index in [1.165, 1.54) is 12.1 Å². The predicted molar refractivity (Wildman–Crippen MR) is 114 cm³/mol. The third-order valence-electron chi connectivity index (χ3n) is 5.40. The number of aromatic nitrogens is 2. The van der Waals surface area contributed by atoms with E-state index in [1.807, 2.05) is 22.8 Å². The SMILES string of the molecule is O=C(O)Cn1c2c(c3cc(F)ccc31)CC(Nc1nc3ccc(Cl)cc3s1)CC2. The lowest BCUT2D eigenvalue weighted by molar-refractivity contribution is -0.137. The molecule has 1 unspecified atom stereocenters. The lowest BCUT2D eigenvalue weighted by Crippen LogP contribution is -2.28. The standard InChI is InChI=1S/C21H17ClFN3O2S/c22-11-1-4-16-19(7-11)29-21(25-16)24-13-3-6-18-15(9-13)14-8-12(23)2-5-17(14)26(18)10-20(27)28/h1-2,4-5,7-8,13H,3,6,9-10H2,(H,24,25)(H,27,28). The Balaban J connectivity index is 1.48. The Hall–Kier alpha value is -2.64. The van der Waals surface area contributed by atoms with Gasteiger partial charge in [0.15, 0.2) is 5.13 Å². The number of hydrogen-bond acceptors (Lipinski definition) is 4. The van der Waals surface area contributed by atoms with Gasteiger partial charge in [-0.25, -0.2) is 9.37 Å². The van der Waals surface area contributed by atoms with Crippen molar-refractivity contribution in [1.29, 1.82) is 0 Å². The summed E-state index contributed by atoms with van der Waals surface area (Å²) in [5.74, 6) is -1.21. The molecular weight excluding hydrogens is 413 g/mol. The Bertz CT molecular complexity index is 1270. The fraction of sp³-hybridized carbons (Fsp3) is 0.238. The third-order valence-corrected chi connectivity index (χ3v) is 6.58. The fourth-order valence-electron chi connectivity index (χ4n) is 4.20. The number of thiazole rings is 1. The summed E-state index contributed by atoms with van der Waals surface area (Å²) in [6.07, 6.45) is 2.27. The minimum absolute atomic E-state index is 0.117. The molecule has 1 aliphatic carbocycles. The highest BCUT2D eigenvalue weighted by Gasteiger charge is 2.27. The molecule has 29 heavy (non-hydrogen) atoms. The molecular formula is C21H17ClFN3O2S. The molecule has 0 saturated carbocycles. The van der Waals surface area contributed by atoms with Crippen molar-refractivity contribution in [2.24, 2.45) is 0 Å². The maximum absolute atomic E-state index is 13.9. The molecule has 0 radical (unpaired) electrons. The topological polar surface area (TPSA) is 67.2 Å².